The summed E-state index contributed by atoms with van der Waals surface area (Å²) >= 11 is 0. The maximum atomic E-state index is 13.7. The lowest BCUT2D eigenvalue weighted by Gasteiger charge is -2.36. The molecule has 3 N–H and O–H groups in total. The summed E-state index contributed by atoms with van der Waals surface area (Å²) in [6, 6.07) is 42.7. The van der Waals surface area contributed by atoms with Crippen LogP contribution in [0.5, 0.6) is 34.5 Å². The molecular weight excluding hydrogens is 1040 g/mol. The summed E-state index contributed by atoms with van der Waals surface area (Å²) in [7, 11) is 3.20. The van der Waals surface area contributed by atoms with Crippen LogP contribution in [0.25, 0.3) is 0 Å². The van der Waals surface area contributed by atoms with Gasteiger partial charge in [0.2, 0.25) is 0 Å². The molecule has 81 heavy (non-hydrogen) atoms. The zero-order chi connectivity index (χ0) is 57.1. The van der Waals surface area contributed by atoms with Gasteiger partial charge in [0.05, 0.1) is 111 Å². The maximum absolute atomic E-state index is 13.7. The average Bonchev–Trinajstić information content (AvgIpc) is 4.20. The van der Waals surface area contributed by atoms with Crippen molar-refractivity contribution in [2.75, 3.05) is 66.8 Å². The topological polar surface area (TPSA) is 256 Å². The van der Waals surface area contributed by atoms with Crippen LogP contribution in [0, 0.1) is 0 Å². The van der Waals surface area contributed by atoms with Gasteiger partial charge >= 0.3 is 0 Å². The van der Waals surface area contributed by atoms with Crippen LogP contribution in [0.4, 0.5) is 0 Å². The number of hydrogen-bond acceptors (Lipinski definition) is 16. The molecular formula is C61H50N4O16. The number of aliphatic hydroxyl groups excluding tert-OH is 3. The highest BCUT2D eigenvalue weighted by atomic mass is 16.5. The molecule has 410 valence electrons. The van der Waals surface area contributed by atoms with Crippen LogP contribution in [-0.2, 0) is 10.3 Å². The minimum Gasteiger partial charge on any atom is -0.497 e. The molecule has 0 aromatic heterocycles. The molecule has 0 unspecified atom stereocenters. The number of methoxy groups -OCH3 is 2. The molecule has 8 amide bonds. The van der Waals surface area contributed by atoms with E-state index in [0.29, 0.717) is 11.5 Å². The van der Waals surface area contributed by atoms with Crippen molar-refractivity contribution in [2.24, 2.45) is 0 Å². The van der Waals surface area contributed by atoms with Crippen LogP contribution < -0.4 is 18.9 Å². The SMILES string of the molecule is COc1ccc(C(OCCN2C(=O)c3ccc(Oc4ccc5c(c4)C(=O)N(CCO)C5=O)cc3C2=O)(c2ccccc2)c2ccc(OC)cc2)cc1.O=C1c2ccc(Oc3ccc4c(c3)C(=O)N(CCO)C4=O)cc2C(=O)N1CCO. The van der Waals surface area contributed by atoms with Crippen molar-refractivity contribution >= 4 is 47.3 Å². The third-order valence-electron chi connectivity index (χ3n) is 14.0. The number of hydrogen-bond donors (Lipinski definition) is 3. The van der Waals surface area contributed by atoms with E-state index in [4.69, 9.17) is 33.9 Å². The number of rotatable bonds is 19. The van der Waals surface area contributed by atoms with E-state index in [-0.39, 0.29) is 120 Å². The number of nitrogens with zero attached hydrogens (tertiary/aromatic N) is 4. The average molecular weight is 1100 g/mol. The molecule has 0 aliphatic carbocycles. The Balaban J connectivity index is 0.000000214. The van der Waals surface area contributed by atoms with Crippen LogP contribution in [0.3, 0.4) is 0 Å². The minimum atomic E-state index is -1.13. The smallest absolute Gasteiger partial charge is 0.261 e. The van der Waals surface area contributed by atoms with Crippen molar-refractivity contribution in [1.29, 1.82) is 0 Å². The van der Waals surface area contributed by atoms with E-state index in [1.807, 2.05) is 78.9 Å². The van der Waals surface area contributed by atoms with E-state index >= 15 is 0 Å². The molecule has 4 aliphatic heterocycles. The number of ether oxygens (including phenoxy) is 5. The Morgan fingerprint density at radius 3 is 0.901 bits per heavy atom. The second-order valence-electron chi connectivity index (χ2n) is 18.6. The summed E-state index contributed by atoms with van der Waals surface area (Å²) in [5.74, 6) is -1.50. The molecule has 0 spiro atoms. The van der Waals surface area contributed by atoms with Crippen LogP contribution in [0.15, 0.2) is 152 Å². The summed E-state index contributed by atoms with van der Waals surface area (Å²) in [6.07, 6.45) is 0. The highest BCUT2D eigenvalue weighted by Gasteiger charge is 2.42. The highest BCUT2D eigenvalue weighted by Crippen LogP contribution is 2.42. The Bertz CT molecular complexity index is 3550. The number of amides is 8. The molecule has 7 aromatic carbocycles. The summed E-state index contributed by atoms with van der Waals surface area (Å²) in [4.78, 5) is 106. The van der Waals surface area contributed by atoms with Crippen LogP contribution in [0.2, 0.25) is 0 Å². The Kier molecular flexibility index (Phi) is 15.4. The van der Waals surface area contributed by atoms with E-state index in [0.717, 1.165) is 36.3 Å². The highest BCUT2D eigenvalue weighted by molar-refractivity contribution is 6.23. The van der Waals surface area contributed by atoms with Gasteiger partial charge in [-0.1, -0.05) is 54.6 Å². The first kappa shape index (κ1) is 54.5. The van der Waals surface area contributed by atoms with E-state index in [9.17, 15) is 43.5 Å². The van der Waals surface area contributed by atoms with Crippen molar-refractivity contribution < 1.29 is 77.4 Å². The Morgan fingerprint density at radius 1 is 0.333 bits per heavy atom. The van der Waals surface area contributed by atoms with Gasteiger partial charge in [-0.2, -0.15) is 0 Å². The van der Waals surface area contributed by atoms with Crippen LogP contribution in [-0.4, -0.2) is 149 Å². The van der Waals surface area contributed by atoms with Gasteiger partial charge < -0.3 is 39.0 Å². The quantitative estimate of drug-likeness (QED) is 0.0589. The number of imide groups is 4. The molecule has 20 nitrogen and oxygen atoms in total. The number of carbonyl (C=O) groups is 8. The molecule has 20 heteroatoms. The largest absolute Gasteiger partial charge is 0.497 e. The van der Waals surface area contributed by atoms with Crippen molar-refractivity contribution in [3.63, 3.8) is 0 Å². The number of aliphatic hydroxyl groups is 3. The zero-order valence-corrected chi connectivity index (χ0v) is 43.5. The van der Waals surface area contributed by atoms with Crippen molar-refractivity contribution in [3.8, 4) is 34.5 Å². The second-order valence-corrected chi connectivity index (χ2v) is 18.6. The Morgan fingerprint density at radius 2 is 0.605 bits per heavy atom. The number of benzene rings is 7. The van der Waals surface area contributed by atoms with E-state index in [1.165, 1.54) is 60.7 Å². The maximum Gasteiger partial charge on any atom is 0.261 e. The summed E-state index contributed by atoms with van der Waals surface area (Å²) in [6.45, 7) is -1.33. The molecule has 0 bridgehead atoms. The van der Waals surface area contributed by atoms with Crippen molar-refractivity contribution in [1.82, 2.24) is 19.6 Å². The normalized spacial score (nSPS) is 14.3. The molecule has 4 heterocycles. The lowest BCUT2D eigenvalue weighted by atomic mass is 9.80. The summed E-state index contributed by atoms with van der Waals surface area (Å²) in [5.41, 5.74) is 2.90. The standard InChI is InChI=1S/C41H34N2O9.C20H16N2O7/c1-49-29-12-8-27(9-13-29)41(26-6-4-3-5-7-26,28-10-14-30(50-2)15-11-28)51-23-21-43-38(46)34-19-17-32(25-36(34)40(43)48)52-31-16-18-33-35(24-31)39(47)42(20-22-44)37(33)45;23-7-5-21-17(25)13-3-1-11(9-15(13)19(21)27)29-12-2-4-14-16(10-12)20(28)22(6-8-24)18(14)26/h3-19,24-25,44H,20-23H2,1-2H3;1-4,9-10,23-24H,5-8H2. The third kappa shape index (κ3) is 10.0. The summed E-state index contributed by atoms with van der Waals surface area (Å²) in [5, 5.41) is 27.3. The van der Waals surface area contributed by atoms with Crippen molar-refractivity contribution in [3.05, 3.63) is 213 Å². The third-order valence-corrected chi connectivity index (χ3v) is 14.0. The van der Waals surface area contributed by atoms with Gasteiger partial charge in [0, 0.05) is 0 Å². The van der Waals surface area contributed by atoms with Gasteiger partial charge in [0.25, 0.3) is 47.3 Å². The Labute approximate surface area is 462 Å². The van der Waals surface area contributed by atoms with Gasteiger partial charge in [0.1, 0.15) is 40.1 Å². The first-order chi connectivity index (χ1) is 39.2. The van der Waals surface area contributed by atoms with E-state index in [2.05, 4.69) is 0 Å². The first-order valence-corrected chi connectivity index (χ1v) is 25.4. The van der Waals surface area contributed by atoms with E-state index < -0.39 is 52.9 Å². The minimum absolute atomic E-state index is 0.00302. The Hall–Kier alpha value is -9.86. The molecule has 0 radical (unpaired) electrons. The number of fused-ring (bicyclic) bond motifs is 4. The van der Waals surface area contributed by atoms with Gasteiger partial charge in [-0.05, 0) is 114 Å². The predicted octanol–water partition coefficient (Wildman–Crippen LogP) is 6.34. The molecule has 0 saturated heterocycles. The fourth-order valence-electron chi connectivity index (χ4n) is 10.1. The fraction of sp³-hybridized carbons (Fsp3) is 0.180. The van der Waals surface area contributed by atoms with Crippen molar-refractivity contribution in [2.45, 2.75) is 5.60 Å². The molecule has 7 aromatic rings. The molecule has 0 atom stereocenters. The molecule has 11 rings (SSSR count). The van der Waals surface area contributed by atoms with E-state index in [1.54, 1.807) is 26.4 Å². The number of β-amino-alcohol motifs (C(OH)–C–C–N with tert-alkyl or cyclic N) is 3. The van der Waals surface area contributed by atoms with Crippen LogP contribution >= 0.6 is 0 Å². The lowest BCUT2D eigenvalue weighted by Crippen LogP contribution is -2.38. The predicted molar refractivity (Wildman–Crippen MR) is 287 cm³/mol. The zero-order valence-electron chi connectivity index (χ0n) is 43.5. The van der Waals surface area contributed by atoms with Gasteiger partial charge in [0.15, 0.2) is 0 Å². The van der Waals surface area contributed by atoms with Gasteiger partial charge in [-0.15, -0.1) is 0 Å². The molecule has 0 fully saturated rings. The fourth-order valence-corrected chi connectivity index (χ4v) is 10.1. The molecule has 4 aliphatic rings. The van der Waals surface area contributed by atoms with Gasteiger partial charge in [-0.25, -0.2) is 0 Å². The van der Waals surface area contributed by atoms with Gasteiger partial charge in [-0.3, -0.25) is 58.0 Å². The second kappa shape index (κ2) is 22.8. The first-order valence-electron chi connectivity index (χ1n) is 25.4. The molecule has 0 saturated carbocycles. The van der Waals surface area contributed by atoms with Crippen LogP contribution in [0.1, 0.15) is 99.6 Å². The monoisotopic (exact) mass is 1090 g/mol. The number of carbonyl (C=O) groups excluding carboxylic acids is 8. The summed E-state index contributed by atoms with van der Waals surface area (Å²) < 4.78 is 29.4. The lowest BCUT2D eigenvalue weighted by molar-refractivity contribution is 0.00334.